The van der Waals surface area contributed by atoms with Crippen LogP contribution >= 0.6 is 0 Å². The molecule has 0 radical (unpaired) electrons. The van der Waals surface area contributed by atoms with Gasteiger partial charge in [0, 0.05) is 18.8 Å². The van der Waals surface area contributed by atoms with Gasteiger partial charge in [0.05, 0.1) is 5.76 Å². The van der Waals surface area contributed by atoms with Crippen molar-refractivity contribution in [3.63, 3.8) is 0 Å². The highest BCUT2D eigenvalue weighted by atomic mass is 16.5. The van der Waals surface area contributed by atoms with Gasteiger partial charge in [-0.05, 0) is 42.9 Å². The van der Waals surface area contributed by atoms with Crippen LogP contribution in [-0.2, 0) is 11.2 Å². The Bertz CT molecular complexity index is 536. The van der Waals surface area contributed by atoms with Crippen LogP contribution < -0.4 is 0 Å². The zero-order valence-corrected chi connectivity index (χ0v) is 12.0. The maximum atomic E-state index is 6.18. The summed E-state index contributed by atoms with van der Waals surface area (Å²) in [6, 6.07) is 10.7. The highest BCUT2D eigenvalue weighted by Crippen LogP contribution is 2.37. The first kappa shape index (κ1) is 13.2. The molecule has 1 atom stereocenters. The maximum absolute atomic E-state index is 6.18. The van der Waals surface area contributed by atoms with E-state index in [1.807, 2.05) is 0 Å². The maximum Gasteiger partial charge on any atom is 0.104 e. The third-order valence-electron chi connectivity index (χ3n) is 4.26. The molecule has 0 amide bonds. The van der Waals surface area contributed by atoms with E-state index in [0.717, 1.165) is 25.7 Å². The lowest BCUT2D eigenvalue weighted by Crippen LogP contribution is -2.01. The van der Waals surface area contributed by atoms with Crippen molar-refractivity contribution in [2.45, 2.75) is 38.5 Å². The Morgan fingerprint density at radius 1 is 1.20 bits per heavy atom. The fraction of sp³-hybridized carbons (Fsp3) is 0.368. The lowest BCUT2D eigenvalue weighted by molar-refractivity contribution is 0.284. The molecule has 0 aliphatic heterocycles. The molecule has 1 nitrogen and oxygen atoms in total. The molecular weight excluding hydrogens is 244 g/mol. The van der Waals surface area contributed by atoms with Crippen molar-refractivity contribution in [3.8, 4) is 0 Å². The van der Waals surface area contributed by atoms with Crippen molar-refractivity contribution in [3.05, 3.63) is 71.7 Å². The van der Waals surface area contributed by atoms with Gasteiger partial charge in [-0.15, -0.1) is 6.58 Å². The molecule has 1 heteroatoms. The van der Waals surface area contributed by atoms with Crippen molar-refractivity contribution in [1.29, 1.82) is 0 Å². The van der Waals surface area contributed by atoms with Gasteiger partial charge in [-0.1, -0.05) is 36.4 Å². The first-order valence-electron chi connectivity index (χ1n) is 7.62. The van der Waals surface area contributed by atoms with Crippen LogP contribution in [0.3, 0.4) is 0 Å². The topological polar surface area (TPSA) is 9.23 Å². The van der Waals surface area contributed by atoms with E-state index >= 15 is 0 Å². The molecule has 3 rings (SSSR count). The van der Waals surface area contributed by atoms with Crippen LogP contribution in [0, 0.1) is 5.92 Å². The summed E-state index contributed by atoms with van der Waals surface area (Å²) in [5, 5.41) is 0. The Balaban J connectivity index is 1.81. The Morgan fingerprint density at radius 2 is 2.05 bits per heavy atom. The summed E-state index contributed by atoms with van der Waals surface area (Å²) in [4.78, 5) is 0. The fourth-order valence-electron chi connectivity index (χ4n) is 3.14. The molecule has 1 unspecified atom stereocenters. The van der Waals surface area contributed by atoms with Crippen molar-refractivity contribution in [1.82, 2.24) is 0 Å². The largest absolute Gasteiger partial charge is 0.466 e. The van der Waals surface area contributed by atoms with E-state index in [-0.39, 0.29) is 0 Å². The van der Waals surface area contributed by atoms with Crippen LogP contribution in [0.1, 0.15) is 37.7 Å². The lowest BCUT2D eigenvalue weighted by Gasteiger charge is -2.13. The first-order valence-corrected chi connectivity index (χ1v) is 7.62. The van der Waals surface area contributed by atoms with Crippen LogP contribution in [0.2, 0.25) is 0 Å². The SMILES string of the molecule is C=CC1CCC(OC2=CCCC2)=C1Cc1ccccc1. The van der Waals surface area contributed by atoms with E-state index in [4.69, 9.17) is 4.74 Å². The molecule has 104 valence electrons. The van der Waals surface area contributed by atoms with Gasteiger partial charge in [-0.3, -0.25) is 0 Å². The first-order chi connectivity index (χ1) is 9.86. The molecule has 0 aromatic heterocycles. The van der Waals surface area contributed by atoms with Crippen LogP contribution in [0.5, 0.6) is 0 Å². The van der Waals surface area contributed by atoms with E-state index in [0.29, 0.717) is 5.92 Å². The Labute approximate surface area is 121 Å². The second-order valence-electron chi connectivity index (χ2n) is 5.66. The summed E-state index contributed by atoms with van der Waals surface area (Å²) in [6.07, 6.45) is 11.0. The molecule has 2 aliphatic carbocycles. The molecular formula is C19H22O. The van der Waals surface area contributed by atoms with Crippen molar-refractivity contribution >= 4 is 0 Å². The molecule has 0 N–H and O–H groups in total. The number of rotatable bonds is 5. The molecule has 0 saturated heterocycles. The normalized spacial score (nSPS) is 22.0. The molecule has 20 heavy (non-hydrogen) atoms. The van der Waals surface area contributed by atoms with Gasteiger partial charge in [0.1, 0.15) is 5.76 Å². The summed E-state index contributed by atoms with van der Waals surface area (Å²) < 4.78 is 6.18. The van der Waals surface area contributed by atoms with Crippen molar-refractivity contribution in [2.75, 3.05) is 0 Å². The van der Waals surface area contributed by atoms with E-state index in [1.54, 1.807) is 0 Å². The van der Waals surface area contributed by atoms with Gasteiger partial charge in [-0.2, -0.15) is 0 Å². The third kappa shape index (κ3) is 2.87. The summed E-state index contributed by atoms with van der Waals surface area (Å²) in [5.41, 5.74) is 2.79. The minimum Gasteiger partial charge on any atom is -0.466 e. The average Bonchev–Trinajstić information content (AvgIpc) is 3.11. The Hall–Kier alpha value is -1.76. The second-order valence-corrected chi connectivity index (χ2v) is 5.66. The summed E-state index contributed by atoms with van der Waals surface area (Å²) in [7, 11) is 0. The Kier molecular flexibility index (Phi) is 4.05. The number of hydrogen-bond acceptors (Lipinski definition) is 1. The molecule has 0 spiro atoms. The fourth-order valence-corrected chi connectivity index (χ4v) is 3.14. The second kappa shape index (κ2) is 6.13. The van der Waals surface area contributed by atoms with E-state index in [2.05, 4.69) is 49.1 Å². The zero-order chi connectivity index (χ0) is 13.8. The monoisotopic (exact) mass is 266 g/mol. The number of ether oxygens (including phenoxy) is 1. The van der Waals surface area contributed by atoms with E-state index in [1.165, 1.54) is 35.5 Å². The van der Waals surface area contributed by atoms with Crippen LogP contribution in [-0.4, -0.2) is 0 Å². The Morgan fingerprint density at radius 3 is 2.75 bits per heavy atom. The van der Waals surface area contributed by atoms with Crippen LogP contribution in [0.4, 0.5) is 0 Å². The van der Waals surface area contributed by atoms with Crippen molar-refractivity contribution in [2.24, 2.45) is 5.92 Å². The lowest BCUT2D eigenvalue weighted by atomic mass is 9.95. The molecule has 1 aromatic rings. The van der Waals surface area contributed by atoms with Crippen LogP contribution in [0.25, 0.3) is 0 Å². The average molecular weight is 266 g/mol. The molecule has 0 fully saturated rings. The quantitative estimate of drug-likeness (QED) is 0.668. The summed E-state index contributed by atoms with van der Waals surface area (Å²) >= 11 is 0. The number of hydrogen-bond donors (Lipinski definition) is 0. The number of benzene rings is 1. The molecule has 0 heterocycles. The van der Waals surface area contributed by atoms with Gasteiger partial charge in [0.2, 0.25) is 0 Å². The van der Waals surface area contributed by atoms with Crippen LogP contribution in [0.15, 0.2) is 66.2 Å². The standard InChI is InChI=1S/C19H22O/c1-2-16-12-13-19(20-17-10-6-7-11-17)18(16)14-15-8-4-3-5-9-15/h2-5,8-10,16H,1,6-7,11-14H2. The highest BCUT2D eigenvalue weighted by Gasteiger charge is 2.25. The molecule has 2 aliphatic rings. The highest BCUT2D eigenvalue weighted by molar-refractivity contribution is 5.30. The summed E-state index contributed by atoms with van der Waals surface area (Å²) in [6.45, 7) is 4.00. The van der Waals surface area contributed by atoms with Gasteiger partial charge in [0.15, 0.2) is 0 Å². The minimum absolute atomic E-state index is 0.479. The van der Waals surface area contributed by atoms with Crippen molar-refractivity contribution < 1.29 is 4.74 Å². The number of allylic oxidation sites excluding steroid dienone is 5. The van der Waals surface area contributed by atoms with Gasteiger partial charge < -0.3 is 4.74 Å². The predicted octanol–water partition coefficient (Wildman–Crippen LogP) is 5.16. The third-order valence-corrected chi connectivity index (χ3v) is 4.26. The van der Waals surface area contributed by atoms with E-state index < -0.39 is 0 Å². The van der Waals surface area contributed by atoms with E-state index in [9.17, 15) is 0 Å². The summed E-state index contributed by atoms with van der Waals surface area (Å²) in [5.74, 6) is 2.86. The smallest absolute Gasteiger partial charge is 0.104 e. The van der Waals surface area contributed by atoms with Gasteiger partial charge in [0.25, 0.3) is 0 Å². The molecule has 0 bridgehead atoms. The zero-order valence-electron chi connectivity index (χ0n) is 12.0. The molecule has 0 saturated carbocycles. The predicted molar refractivity (Wildman–Crippen MR) is 83.1 cm³/mol. The molecule has 1 aromatic carbocycles. The van der Waals surface area contributed by atoms with Gasteiger partial charge >= 0.3 is 0 Å². The minimum atomic E-state index is 0.479. The van der Waals surface area contributed by atoms with Gasteiger partial charge in [-0.25, -0.2) is 0 Å².